The summed E-state index contributed by atoms with van der Waals surface area (Å²) in [7, 11) is 1.71. The number of tetrazole rings is 1. The van der Waals surface area contributed by atoms with Crippen molar-refractivity contribution in [1.29, 1.82) is 0 Å². The van der Waals surface area contributed by atoms with Crippen molar-refractivity contribution >= 4 is 5.69 Å². The lowest BCUT2D eigenvalue weighted by Crippen LogP contribution is -2.48. The van der Waals surface area contributed by atoms with E-state index in [-0.39, 0.29) is 12.1 Å². The molecule has 1 aromatic carbocycles. The van der Waals surface area contributed by atoms with E-state index in [1.54, 1.807) is 7.11 Å². The van der Waals surface area contributed by atoms with Crippen LogP contribution in [0.4, 0.5) is 5.69 Å². The van der Waals surface area contributed by atoms with Crippen LogP contribution in [0.1, 0.15) is 50.9 Å². The highest BCUT2D eigenvalue weighted by molar-refractivity contribution is 5.49. The minimum absolute atomic E-state index is 0.242. The topological polar surface area (TPSA) is 68.5 Å². The van der Waals surface area contributed by atoms with Crippen LogP contribution in [0.3, 0.4) is 0 Å². The molecule has 2 atom stereocenters. The highest BCUT2D eigenvalue weighted by atomic mass is 16.5. The molecule has 2 aromatic rings. The van der Waals surface area contributed by atoms with E-state index in [9.17, 15) is 0 Å². The standard InChI is InChI=1S/C22H34N6O2/c1-3-4-7-21(22-23-24-25-28(22)17-20-6-5-16-30-20)27-14-12-26(13-15-27)18-8-10-19(29-2)11-9-18/h8-11,20-21H,3-7,12-17H2,1-2H3/t20-,21+/m1/s1. The van der Waals surface area contributed by atoms with Gasteiger partial charge in [-0.25, -0.2) is 4.68 Å². The summed E-state index contributed by atoms with van der Waals surface area (Å²) in [5, 5.41) is 12.8. The van der Waals surface area contributed by atoms with E-state index in [2.05, 4.69) is 44.4 Å². The van der Waals surface area contributed by atoms with E-state index < -0.39 is 0 Å². The van der Waals surface area contributed by atoms with Crippen molar-refractivity contribution in [1.82, 2.24) is 25.1 Å². The van der Waals surface area contributed by atoms with Gasteiger partial charge in [0.25, 0.3) is 0 Å². The Balaban J connectivity index is 1.42. The van der Waals surface area contributed by atoms with Gasteiger partial charge in [0.15, 0.2) is 5.82 Å². The molecule has 8 nitrogen and oxygen atoms in total. The minimum atomic E-state index is 0.242. The van der Waals surface area contributed by atoms with Crippen molar-refractivity contribution < 1.29 is 9.47 Å². The second-order valence-electron chi connectivity index (χ2n) is 8.23. The SMILES string of the molecule is CCCC[C@@H](c1nnnn1C[C@H]1CCCO1)N1CCN(c2ccc(OC)cc2)CC1. The van der Waals surface area contributed by atoms with Gasteiger partial charge >= 0.3 is 0 Å². The Morgan fingerprint density at radius 1 is 1.17 bits per heavy atom. The first-order valence-electron chi connectivity index (χ1n) is 11.3. The highest BCUT2D eigenvalue weighted by Crippen LogP contribution is 2.28. The maximum Gasteiger partial charge on any atom is 0.168 e. The predicted octanol–water partition coefficient (Wildman–Crippen LogP) is 2.91. The summed E-state index contributed by atoms with van der Waals surface area (Å²) in [5.74, 6) is 1.90. The van der Waals surface area contributed by atoms with Crippen molar-refractivity contribution in [3.63, 3.8) is 0 Å². The van der Waals surface area contributed by atoms with Crippen LogP contribution in [0.2, 0.25) is 0 Å². The number of ether oxygens (including phenoxy) is 2. The van der Waals surface area contributed by atoms with Crippen molar-refractivity contribution in [2.24, 2.45) is 0 Å². The van der Waals surface area contributed by atoms with Gasteiger partial charge in [0, 0.05) is 38.5 Å². The molecule has 2 saturated heterocycles. The molecule has 2 fully saturated rings. The monoisotopic (exact) mass is 414 g/mol. The summed E-state index contributed by atoms with van der Waals surface area (Å²) in [6.07, 6.45) is 5.91. The second-order valence-corrected chi connectivity index (χ2v) is 8.23. The number of nitrogens with zero attached hydrogens (tertiary/aromatic N) is 6. The fraction of sp³-hybridized carbons (Fsp3) is 0.682. The molecule has 0 N–H and O–H groups in total. The van der Waals surface area contributed by atoms with Crippen LogP contribution in [0.15, 0.2) is 24.3 Å². The van der Waals surface area contributed by atoms with Crippen molar-refractivity contribution in [2.45, 2.75) is 57.7 Å². The lowest BCUT2D eigenvalue weighted by Gasteiger charge is -2.40. The van der Waals surface area contributed by atoms with Crippen LogP contribution in [-0.4, -0.2) is 71.1 Å². The maximum absolute atomic E-state index is 5.82. The quantitative estimate of drug-likeness (QED) is 0.625. The van der Waals surface area contributed by atoms with E-state index in [0.29, 0.717) is 0 Å². The van der Waals surface area contributed by atoms with E-state index in [1.807, 2.05) is 16.8 Å². The zero-order valence-corrected chi connectivity index (χ0v) is 18.2. The average Bonchev–Trinajstić information content (AvgIpc) is 3.47. The number of methoxy groups -OCH3 is 1. The van der Waals surface area contributed by atoms with Gasteiger partial charge in [-0.1, -0.05) is 19.8 Å². The fourth-order valence-electron chi connectivity index (χ4n) is 4.52. The summed E-state index contributed by atoms with van der Waals surface area (Å²) in [5.41, 5.74) is 1.25. The molecule has 2 aliphatic heterocycles. The largest absolute Gasteiger partial charge is 0.497 e. The zero-order valence-electron chi connectivity index (χ0n) is 18.2. The van der Waals surface area contributed by atoms with E-state index in [4.69, 9.17) is 9.47 Å². The molecular weight excluding hydrogens is 380 g/mol. The Morgan fingerprint density at radius 2 is 1.97 bits per heavy atom. The number of hydrogen-bond donors (Lipinski definition) is 0. The minimum Gasteiger partial charge on any atom is -0.497 e. The molecule has 4 rings (SSSR count). The third kappa shape index (κ3) is 4.92. The predicted molar refractivity (Wildman–Crippen MR) is 116 cm³/mol. The van der Waals surface area contributed by atoms with Crippen molar-refractivity contribution in [3.05, 3.63) is 30.1 Å². The van der Waals surface area contributed by atoms with Crippen molar-refractivity contribution in [3.8, 4) is 5.75 Å². The number of rotatable bonds is 9. The van der Waals surface area contributed by atoms with Crippen LogP contribution in [0.25, 0.3) is 0 Å². The average molecular weight is 415 g/mol. The second kappa shape index (κ2) is 10.2. The van der Waals surface area contributed by atoms with Crippen LogP contribution in [0.5, 0.6) is 5.75 Å². The van der Waals surface area contributed by atoms with Gasteiger partial charge in [-0.05, 0) is 54.0 Å². The van der Waals surface area contributed by atoms with Gasteiger partial charge in [-0.15, -0.1) is 5.10 Å². The van der Waals surface area contributed by atoms with E-state index >= 15 is 0 Å². The van der Waals surface area contributed by atoms with Gasteiger partial charge in [-0.3, -0.25) is 4.90 Å². The molecule has 0 bridgehead atoms. The normalized spacial score (nSPS) is 21.1. The van der Waals surface area contributed by atoms with Gasteiger partial charge < -0.3 is 14.4 Å². The Morgan fingerprint density at radius 3 is 2.63 bits per heavy atom. The molecule has 30 heavy (non-hydrogen) atoms. The Hall–Kier alpha value is -2.19. The van der Waals surface area contributed by atoms with Gasteiger partial charge in [0.05, 0.1) is 25.8 Å². The smallest absolute Gasteiger partial charge is 0.168 e. The van der Waals surface area contributed by atoms with Gasteiger partial charge in [-0.2, -0.15) is 0 Å². The first-order valence-corrected chi connectivity index (χ1v) is 11.3. The first kappa shape index (κ1) is 21.1. The third-order valence-corrected chi connectivity index (χ3v) is 6.28. The zero-order chi connectivity index (χ0) is 20.8. The van der Waals surface area contributed by atoms with E-state index in [1.165, 1.54) is 18.5 Å². The molecule has 1 aromatic heterocycles. The molecule has 2 aliphatic rings. The lowest BCUT2D eigenvalue weighted by atomic mass is 10.1. The Bertz CT molecular complexity index is 766. The van der Waals surface area contributed by atoms with Gasteiger partial charge in [0.1, 0.15) is 5.75 Å². The van der Waals surface area contributed by atoms with Crippen molar-refractivity contribution in [2.75, 3.05) is 44.8 Å². The Kier molecular flexibility index (Phi) is 7.17. The summed E-state index contributed by atoms with van der Waals surface area (Å²) in [6, 6.07) is 8.62. The number of piperazine rings is 1. The lowest BCUT2D eigenvalue weighted by molar-refractivity contribution is 0.0890. The fourth-order valence-corrected chi connectivity index (χ4v) is 4.52. The van der Waals surface area contributed by atoms with Crippen LogP contribution < -0.4 is 9.64 Å². The Labute approximate surface area is 179 Å². The molecule has 0 radical (unpaired) electrons. The first-order chi connectivity index (χ1) is 14.8. The molecule has 0 amide bonds. The van der Waals surface area contributed by atoms with Crippen LogP contribution in [0, 0.1) is 0 Å². The molecule has 0 unspecified atom stereocenters. The number of unbranched alkanes of at least 4 members (excludes halogenated alkanes) is 1. The van der Waals surface area contributed by atoms with Crippen LogP contribution in [-0.2, 0) is 11.3 Å². The van der Waals surface area contributed by atoms with Gasteiger partial charge in [0.2, 0.25) is 0 Å². The number of anilines is 1. The summed E-state index contributed by atoms with van der Waals surface area (Å²) in [4.78, 5) is 5.01. The van der Waals surface area contributed by atoms with Crippen LogP contribution >= 0.6 is 0 Å². The highest BCUT2D eigenvalue weighted by Gasteiger charge is 2.30. The molecule has 0 spiro atoms. The number of aromatic nitrogens is 4. The molecule has 164 valence electrons. The molecule has 0 aliphatic carbocycles. The number of hydrogen-bond acceptors (Lipinski definition) is 7. The molecule has 0 saturated carbocycles. The summed E-state index contributed by atoms with van der Waals surface area (Å²) < 4.78 is 13.1. The summed E-state index contributed by atoms with van der Waals surface area (Å²) >= 11 is 0. The van der Waals surface area contributed by atoms with E-state index in [0.717, 1.165) is 70.2 Å². The molecule has 8 heteroatoms. The summed E-state index contributed by atoms with van der Waals surface area (Å²) in [6.45, 7) is 7.88. The third-order valence-electron chi connectivity index (χ3n) is 6.28. The molecule has 3 heterocycles. The maximum atomic E-state index is 5.82. The number of benzene rings is 1. The molecular formula is C22H34N6O2.